The second-order valence-electron chi connectivity index (χ2n) is 6.23. The normalized spacial score (nSPS) is 21.4. The molecule has 1 aliphatic heterocycles. The summed E-state index contributed by atoms with van der Waals surface area (Å²) >= 11 is 0. The highest BCUT2D eigenvalue weighted by Crippen LogP contribution is 2.25. The van der Waals surface area contributed by atoms with Gasteiger partial charge in [0, 0.05) is 19.7 Å². The molecular formula is C18H23FN4O2. The van der Waals surface area contributed by atoms with Crippen molar-refractivity contribution in [1.29, 1.82) is 0 Å². The summed E-state index contributed by atoms with van der Waals surface area (Å²) < 4.78 is 24.4. The van der Waals surface area contributed by atoms with E-state index in [2.05, 4.69) is 20.4 Å². The predicted molar refractivity (Wildman–Crippen MR) is 92.7 cm³/mol. The zero-order valence-corrected chi connectivity index (χ0v) is 14.7. The third-order valence-corrected chi connectivity index (χ3v) is 4.11. The van der Waals surface area contributed by atoms with Crippen LogP contribution in [0.3, 0.4) is 0 Å². The largest absolute Gasteiger partial charge is 0.367 e. The Labute approximate surface area is 146 Å². The summed E-state index contributed by atoms with van der Waals surface area (Å²) in [6.45, 7) is 5.80. The lowest BCUT2D eigenvalue weighted by Gasteiger charge is -2.38. The number of morpholine rings is 1. The van der Waals surface area contributed by atoms with Crippen LogP contribution in [-0.4, -0.2) is 42.3 Å². The van der Waals surface area contributed by atoms with Gasteiger partial charge >= 0.3 is 0 Å². The van der Waals surface area contributed by atoms with Crippen LogP contribution < -0.4 is 5.32 Å². The van der Waals surface area contributed by atoms with Crippen molar-refractivity contribution in [1.82, 2.24) is 15.4 Å². The highest BCUT2D eigenvalue weighted by Gasteiger charge is 2.28. The van der Waals surface area contributed by atoms with Crippen molar-refractivity contribution in [2.24, 2.45) is 4.99 Å². The first kappa shape index (κ1) is 17.4. The van der Waals surface area contributed by atoms with Crippen LogP contribution in [0.15, 0.2) is 39.8 Å². The Morgan fingerprint density at radius 1 is 1.36 bits per heavy atom. The van der Waals surface area contributed by atoms with Crippen molar-refractivity contribution in [2.75, 3.05) is 20.1 Å². The summed E-state index contributed by atoms with van der Waals surface area (Å²) in [5, 5.41) is 7.18. The Morgan fingerprint density at radius 2 is 2.12 bits per heavy atom. The molecule has 1 aromatic carbocycles. The monoisotopic (exact) mass is 346 g/mol. The molecule has 1 aromatic heterocycles. The summed E-state index contributed by atoms with van der Waals surface area (Å²) in [6, 6.07) is 8.35. The van der Waals surface area contributed by atoms with Crippen molar-refractivity contribution in [3.63, 3.8) is 0 Å². The van der Waals surface area contributed by atoms with Crippen molar-refractivity contribution in [3.8, 4) is 0 Å². The molecule has 0 saturated carbocycles. The number of nitrogens with one attached hydrogen (secondary N) is 1. The van der Waals surface area contributed by atoms with Gasteiger partial charge in [-0.2, -0.15) is 0 Å². The molecule has 0 amide bonds. The molecule has 25 heavy (non-hydrogen) atoms. The van der Waals surface area contributed by atoms with Gasteiger partial charge in [0.05, 0.1) is 24.9 Å². The van der Waals surface area contributed by atoms with Gasteiger partial charge in [0.25, 0.3) is 0 Å². The first-order chi connectivity index (χ1) is 12.0. The standard InChI is InChI=1S/C18H23FN4O2/c1-12-8-16(25-22-12)9-21-18(20-3)23-10-13(2)24-17(11-23)14-4-6-15(19)7-5-14/h4-8,13,17H,9-11H2,1-3H3,(H,20,21). The quantitative estimate of drug-likeness (QED) is 0.684. The number of hydrogen-bond donors (Lipinski definition) is 1. The lowest BCUT2D eigenvalue weighted by atomic mass is 10.1. The number of aryl methyl sites for hydroxylation is 1. The lowest BCUT2D eigenvalue weighted by Crippen LogP contribution is -2.50. The molecule has 3 rings (SSSR count). The smallest absolute Gasteiger partial charge is 0.194 e. The van der Waals surface area contributed by atoms with Gasteiger partial charge in [-0.15, -0.1) is 0 Å². The van der Waals surface area contributed by atoms with Gasteiger partial charge in [-0.1, -0.05) is 17.3 Å². The van der Waals surface area contributed by atoms with Crippen molar-refractivity contribution in [2.45, 2.75) is 32.6 Å². The van der Waals surface area contributed by atoms with E-state index in [0.717, 1.165) is 29.5 Å². The van der Waals surface area contributed by atoms with Crippen LogP contribution in [0.2, 0.25) is 0 Å². The summed E-state index contributed by atoms with van der Waals surface area (Å²) in [5.74, 6) is 1.29. The van der Waals surface area contributed by atoms with Gasteiger partial charge in [0.2, 0.25) is 0 Å². The first-order valence-electron chi connectivity index (χ1n) is 8.34. The van der Waals surface area contributed by atoms with Crippen LogP contribution >= 0.6 is 0 Å². The maximum Gasteiger partial charge on any atom is 0.194 e. The Morgan fingerprint density at radius 3 is 2.76 bits per heavy atom. The molecule has 1 fully saturated rings. The highest BCUT2D eigenvalue weighted by molar-refractivity contribution is 5.80. The van der Waals surface area contributed by atoms with E-state index in [1.165, 1.54) is 12.1 Å². The molecular weight excluding hydrogens is 323 g/mol. The maximum atomic E-state index is 13.2. The number of benzene rings is 1. The van der Waals surface area contributed by atoms with Gasteiger partial charge in [-0.25, -0.2) is 4.39 Å². The molecule has 2 unspecified atom stereocenters. The summed E-state index contributed by atoms with van der Waals surface area (Å²) in [6.07, 6.45) is -0.0923. The van der Waals surface area contributed by atoms with E-state index in [-0.39, 0.29) is 18.0 Å². The molecule has 0 bridgehead atoms. The van der Waals surface area contributed by atoms with Crippen LogP contribution in [-0.2, 0) is 11.3 Å². The Kier molecular flexibility index (Phi) is 5.33. The highest BCUT2D eigenvalue weighted by atomic mass is 19.1. The number of guanidine groups is 1. The summed E-state index contributed by atoms with van der Waals surface area (Å²) in [7, 11) is 1.75. The van der Waals surface area contributed by atoms with E-state index in [0.29, 0.717) is 13.1 Å². The van der Waals surface area contributed by atoms with Gasteiger partial charge in [0.1, 0.15) is 11.9 Å². The second-order valence-corrected chi connectivity index (χ2v) is 6.23. The van der Waals surface area contributed by atoms with Crippen molar-refractivity contribution >= 4 is 5.96 Å². The minimum Gasteiger partial charge on any atom is -0.367 e. The topological polar surface area (TPSA) is 62.9 Å². The predicted octanol–water partition coefficient (Wildman–Crippen LogP) is 2.66. The molecule has 0 radical (unpaired) electrons. The number of aliphatic imine (C=N–C) groups is 1. The van der Waals surface area contributed by atoms with Crippen molar-refractivity contribution in [3.05, 3.63) is 53.2 Å². The SMILES string of the molecule is CN=C(NCc1cc(C)no1)N1CC(C)OC(c2ccc(F)cc2)C1. The van der Waals surface area contributed by atoms with E-state index in [4.69, 9.17) is 9.26 Å². The van der Waals surface area contributed by atoms with Gasteiger partial charge in [-0.3, -0.25) is 4.99 Å². The van der Waals surface area contributed by atoms with Crippen LogP contribution in [0.25, 0.3) is 0 Å². The minimum atomic E-state index is -0.246. The first-order valence-corrected chi connectivity index (χ1v) is 8.34. The van der Waals surface area contributed by atoms with Gasteiger partial charge < -0.3 is 19.5 Å². The van der Waals surface area contributed by atoms with E-state index in [9.17, 15) is 4.39 Å². The minimum absolute atomic E-state index is 0.0369. The Balaban J connectivity index is 1.67. The number of ether oxygens (including phenoxy) is 1. The summed E-state index contributed by atoms with van der Waals surface area (Å²) in [5.41, 5.74) is 1.81. The van der Waals surface area contributed by atoms with E-state index in [1.54, 1.807) is 19.2 Å². The third-order valence-electron chi connectivity index (χ3n) is 4.11. The van der Waals surface area contributed by atoms with Gasteiger partial charge in [0.15, 0.2) is 11.7 Å². The zero-order chi connectivity index (χ0) is 17.8. The molecule has 6 nitrogen and oxygen atoms in total. The number of aromatic nitrogens is 1. The van der Waals surface area contributed by atoms with E-state index >= 15 is 0 Å². The number of nitrogens with zero attached hydrogens (tertiary/aromatic N) is 3. The van der Waals surface area contributed by atoms with E-state index in [1.807, 2.05) is 19.9 Å². The average Bonchev–Trinajstić information content (AvgIpc) is 3.01. The molecule has 0 aliphatic carbocycles. The molecule has 2 atom stereocenters. The maximum absolute atomic E-state index is 13.2. The third kappa shape index (κ3) is 4.36. The van der Waals surface area contributed by atoms with Crippen LogP contribution in [0.4, 0.5) is 4.39 Å². The van der Waals surface area contributed by atoms with E-state index < -0.39 is 0 Å². The van der Waals surface area contributed by atoms with Crippen LogP contribution in [0.5, 0.6) is 0 Å². The Bertz CT molecular complexity index is 729. The number of hydrogen-bond acceptors (Lipinski definition) is 4. The molecule has 134 valence electrons. The molecule has 2 aromatic rings. The van der Waals surface area contributed by atoms with Gasteiger partial charge in [-0.05, 0) is 31.5 Å². The Hall–Kier alpha value is -2.41. The fourth-order valence-electron chi connectivity index (χ4n) is 2.98. The zero-order valence-electron chi connectivity index (χ0n) is 14.7. The number of halogens is 1. The average molecular weight is 346 g/mol. The molecule has 0 spiro atoms. The fourth-order valence-corrected chi connectivity index (χ4v) is 2.98. The molecule has 1 saturated heterocycles. The summed E-state index contributed by atoms with van der Waals surface area (Å²) in [4.78, 5) is 6.51. The number of rotatable bonds is 3. The fraction of sp³-hybridized carbons (Fsp3) is 0.444. The lowest BCUT2D eigenvalue weighted by molar-refractivity contribution is -0.0605. The molecule has 1 N–H and O–H groups in total. The second kappa shape index (κ2) is 7.65. The molecule has 7 heteroatoms. The van der Waals surface area contributed by atoms with Crippen LogP contribution in [0, 0.1) is 12.7 Å². The van der Waals surface area contributed by atoms with Crippen molar-refractivity contribution < 1.29 is 13.7 Å². The molecule has 1 aliphatic rings. The molecule has 2 heterocycles. The van der Waals surface area contributed by atoms with Crippen LogP contribution in [0.1, 0.15) is 30.0 Å².